The quantitative estimate of drug-likeness (QED) is 0.863. The van der Waals surface area contributed by atoms with Crippen LogP contribution in [0, 0.1) is 0 Å². The van der Waals surface area contributed by atoms with Gasteiger partial charge in [-0.3, -0.25) is 9.59 Å². The van der Waals surface area contributed by atoms with Crippen LogP contribution in [-0.2, 0) is 4.79 Å². The molecule has 6 nitrogen and oxygen atoms in total. The average molecular weight is 304 g/mol. The maximum atomic E-state index is 12.3. The summed E-state index contributed by atoms with van der Waals surface area (Å²) in [5.41, 5.74) is -0.449. The number of nitrogens with zero attached hydrogens (tertiary/aromatic N) is 1. The molecule has 1 saturated carbocycles. The third-order valence-electron chi connectivity index (χ3n) is 4.16. The fraction of sp³-hybridized carbons (Fsp3) is 0.438. The summed E-state index contributed by atoms with van der Waals surface area (Å²) in [6.45, 7) is 2.43. The van der Waals surface area contributed by atoms with Crippen molar-refractivity contribution in [1.29, 1.82) is 0 Å². The van der Waals surface area contributed by atoms with Crippen LogP contribution in [0.25, 0.3) is 0 Å². The van der Waals surface area contributed by atoms with Crippen LogP contribution in [-0.4, -0.2) is 46.9 Å². The summed E-state index contributed by atoms with van der Waals surface area (Å²) < 4.78 is 0. The number of carboxylic acids is 1. The first-order valence-corrected chi connectivity index (χ1v) is 7.31. The molecule has 0 radical (unpaired) electrons. The van der Waals surface area contributed by atoms with E-state index < -0.39 is 17.4 Å². The Bertz CT molecular complexity index is 608. The summed E-state index contributed by atoms with van der Waals surface area (Å²) in [7, 11) is 1.68. The van der Waals surface area contributed by atoms with Crippen molar-refractivity contribution in [3.63, 3.8) is 0 Å². The van der Waals surface area contributed by atoms with E-state index in [9.17, 15) is 19.5 Å². The number of nitrogens with one attached hydrogen (secondary N) is 1. The van der Waals surface area contributed by atoms with Crippen molar-refractivity contribution in [2.75, 3.05) is 13.6 Å². The van der Waals surface area contributed by atoms with Crippen LogP contribution in [0.4, 0.5) is 0 Å². The van der Waals surface area contributed by atoms with Crippen LogP contribution in [0.3, 0.4) is 0 Å². The molecule has 1 aromatic rings. The van der Waals surface area contributed by atoms with Gasteiger partial charge in [-0.05, 0) is 44.4 Å². The van der Waals surface area contributed by atoms with Crippen LogP contribution in [0.2, 0.25) is 0 Å². The summed E-state index contributed by atoms with van der Waals surface area (Å²) in [5, 5.41) is 11.8. The highest BCUT2D eigenvalue weighted by Crippen LogP contribution is 2.32. The summed E-state index contributed by atoms with van der Waals surface area (Å²) in [6, 6.07) is 6.34. The minimum absolute atomic E-state index is 0.172. The Hall–Kier alpha value is -2.37. The molecular formula is C16H20N2O4. The number of benzene rings is 1. The highest BCUT2D eigenvalue weighted by Gasteiger charge is 2.45. The van der Waals surface area contributed by atoms with Gasteiger partial charge in [0.05, 0.1) is 0 Å². The smallest absolute Gasteiger partial charge is 0.329 e. The van der Waals surface area contributed by atoms with Crippen molar-refractivity contribution in [3.8, 4) is 0 Å². The highest BCUT2D eigenvalue weighted by molar-refractivity contribution is 6.01. The first kappa shape index (κ1) is 16.0. The predicted molar refractivity (Wildman–Crippen MR) is 80.8 cm³/mol. The topological polar surface area (TPSA) is 86.7 Å². The van der Waals surface area contributed by atoms with Crippen molar-refractivity contribution in [1.82, 2.24) is 10.2 Å². The SMILES string of the molecule is CCN(C)C(=O)c1cccc(C(=O)NC2(C(=O)O)CCC2)c1. The molecule has 1 aromatic carbocycles. The number of hydrogen-bond acceptors (Lipinski definition) is 3. The minimum Gasteiger partial charge on any atom is -0.480 e. The largest absolute Gasteiger partial charge is 0.480 e. The van der Waals surface area contributed by atoms with Gasteiger partial charge in [-0.1, -0.05) is 6.07 Å². The van der Waals surface area contributed by atoms with Crippen LogP contribution in [0.1, 0.15) is 46.9 Å². The molecule has 0 heterocycles. The first-order chi connectivity index (χ1) is 10.4. The Morgan fingerprint density at radius 1 is 1.27 bits per heavy atom. The second-order valence-electron chi connectivity index (χ2n) is 5.60. The van der Waals surface area contributed by atoms with Gasteiger partial charge in [0.2, 0.25) is 0 Å². The average Bonchev–Trinajstić information content (AvgIpc) is 2.48. The molecule has 1 aliphatic carbocycles. The van der Waals surface area contributed by atoms with Crippen molar-refractivity contribution < 1.29 is 19.5 Å². The van der Waals surface area contributed by atoms with Crippen LogP contribution in [0.15, 0.2) is 24.3 Å². The number of rotatable bonds is 5. The summed E-state index contributed by atoms with van der Waals surface area (Å²) >= 11 is 0. The maximum absolute atomic E-state index is 12.3. The lowest BCUT2D eigenvalue weighted by Gasteiger charge is -2.38. The van der Waals surface area contributed by atoms with E-state index in [4.69, 9.17) is 0 Å². The molecule has 0 spiro atoms. The highest BCUT2D eigenvalue weighted by atomic mass is 16.4. The third kappa shape index (κ3) is 2.95. The zero-order chi connectivity index (χ0) is 16.3. The molecule has 118 valence electrons. The molecule has 0 atom stereocenters. The van der Waals surface area contributed by atoms with Gasteiger partial charge >= 0.3 is 5.97 Å². The normalized spacial score (nSPS) is 15.5. The van der Waals surface area contributed by atoms with Gasteiger partial charge < -0.3 is 15.3 Å². The molecule has 0 aromatic heterocycles. The number of carbonyl (C=O) groups is 3. The zero-order valence-corrected chi connectivity index (χ0v) is 12.8. The molecule has 0 unspecified atom stereocenters. The third-order valence-corrected chi connectivity index (χ3v) is 4.16. The Morgan fingerprint density at radius 2 is 1.91 bits per heavy atom. The Labute approximate surface area is 129 Å². The van der Waals surface area contributed by atoms with Gasteiger partial charge in [-0.2, -0.15) is 0 Å². The van der Waals surface area contributed by atoms with E-state index in [1.54, 1.807) is 30.1 Å². The zero-order valence-electron chi connectivity index (χ0n) is 12.8. The summed E-state index contributed by atoms with van der Waals surface area (Å²) in [5.74, 6) is -1.64. The second kappa shape index (κ2) is 6.17. The predicted octanol–water partition coefficient (Wildman–Crippen LogP) is 1.52. The molecule has 2 N–H and O–H groups in total. The van der Waals surface area contributed by atoms with E-state index in [2.05, 4.69) is 5.32 Å². The molecule has 1 fully saturated rings. The first-order valence-electron chi connectivity index (χ1n) is 7.31. The van der Waals surface area contributed by atoms with Crippen LogP contribution >= 0.6 is 0 Å². The lowest BCUT2D eigenvalue weighted by Crippen LogP contribution is -2.59. The number of hydrogen-bond donors (Lipinski definition) is 2. The van der Waals surface area contributed by atoms with Gasteiger partial charge in [-0.25, -0.2) is 4.79 Å². The van der Waals surface area contributed by atoms with Crippen LogP contribution in [0.5, 0.6) is 0 Å². The molecule has 0 bridgehead atoms. The van der Waals surface area contributed by atoms with Gasteiger partial charge in [0.25, 0.3) is 11.8 Å². The van der Waals surface area contributed by atoms with Gasteiger partial charge in [0.15, 0.2) is 0 Å². The Morgan fingerprint density at radius 3 is 2.41 bits per heavy atom. The van der Waals surface area contributed by atoms with Gasteiger partial charge in [0.1, 0.15) is 5.54 Å². The summed E-state index contributed by atoms with van der Waals surface area (Å²) in [6.07, 6.45) is 1.66. The number of aliphatic carboxylic acids is 1. The fourth-order valence-corrected chi connectivity index (χ4v) is 2.37. The van der Waals surface area contributed by atoms with Crippen LogP contribution < -0.4 is 5.32 Å². The van der Waals surface area contributed by atoms with E-state index in [1.165, 1.54) is 6.07 Å². The molecule has 6 heteroatoms. The summed E-state index contributed by atoms with van der Waals surface area (Å²) in [4.78, 5) is 37.2. The monoisotopic (exact) mass is 304 g/mol. The fourth-order valence-electron chi connectivity index (χ4n) is 2.37. The van der Waals surface area contributed by atoms with E-state index in [0.717, 1.165) is 6.42 Å². The van der Waals surface area contributed by atoms with E-state index in [1.807, 2.05) is 6.92 Å². The molecule has 0 saturated heterocycles. The number of amides is 2. The standard InChI is InChI=1S/C16H20N2O4/c1-3-18(2)14(20)12-7-4-6-11(10-12)13(19)17-16(15(21)22)8-5-9-16/h4,6-7,10H,3,5,8-9H2,1-2H3,(H,17,19)(H,21,22). The molecular weight excluding hydrogens is 284 g/mol. The van der Waals surface area contributed by atoms with Gasteiger partial charge in [-0.15, -0.1) is 0 Å². The lowest BCUT2D eigenvalue weighted by atomic mass is 9.76. The minimum atomic E-state index is -1.16. The lowest BCUT2D eigenvalue weighted by molar-refractivity contribution is -0.148. The molecule has 0 aliphatic heterocycles. The number of carboxylic acid groups (broad SMARTS) is 1. The van der Waals surface area contributed by atoms with E-state index >= 15 is 0 Å². The van der Waals surface area contributed by atoms with Gasteiger partial charge in [0, 0.05) is 24.7 Å². The Balaban J connectivity index is 2.17. The van der Waals surface area contributed by atoms with Crippen molar-refractivity contribution in [2.24, 2.45) is 0 Å². The molecule has 2 rings (SSSR count). The van der Waals surface area contributed by atoms with Crippen molar-refractivity contribution in [3.05, 3.63) is 35.4 Å². The Kier molecular flexibility index (Phi) is 4.49. The van der Waals surface area contributed by atoms with Crippen molar-refractivity contribution >= 4 is 17.8 Å². The van der Waals surface area contributed by atoms with E-state index in [-0.39, 0.29) is 5.91 Å². The number of carbonyl (C=O) groups excluding carboxylic acids is 2. The molecule has 1 aliphatic rings. The maximum Gasteiger partial charge on any atom is 0.329 e. The van der Waals surface area contributed by atoms with Crippen molar-refractivity contribution in [2.45, 2.75) is 31.7 Å². The molecule has 2 amide bonds. The molecule has 22 heavy (non-hydrogen) atoms. The van der Waals surface area contributed by atoms with E-state index in [0.29, 0.717) is 30.5 Å². The second-order valence-corrected chi connectivity index (χ2v) is 5.60.